The van der Waals surface area contributed by atoms with Crippen LogP contribution in [0.4, 0.5) is 0 Å². The Kier molecular flexibility index (Phi) is 4.22. The van der Waals surface area contributed by atoms with Crippen LogP contribution in [0.15, 0.2) is 24.3 Å². The van der Waals surface area contributed by atoms with E-state index in [1.165, 1.54) is 0 Å². The summed E-state index contributed by atoms with van der Waals surface area (Å²) >= 11 is 0. The van der Waals surface area contributed by atoms with Crippen molar-refractivity contribution in [1.29, 1.82) is 0 Å². The molecule has 18 heavy (non-hydrogen) atoms. The molecule has 0 aromatic heterocycles. The van der Waals surface area contributed by atoms with Gasteiger partial charge < -0.3 is 19.9 Å². The van der Waals surface area contributed by atoms with Crippen molar-refractivity contribution in [3.63, 3.8) is 0 Å². The number of nitrogens with two attached hydrogens (primary N) is 1. The first kappa shape index (κ1) is 13.3. The van der Waals surface area contributed by atoms with Crippen LogP contribution in [-0.2, 0) is 9.47 Å². The van der Waals surface area contributed by atoms with Crippen LogP contribution in [0, 0.1) is 0 Å². The molecule has 0 radical (unpaired) electrons. The van der Waals surface area contributed by atoms with Gasteiger partial charge >= 0.3 is 0 Å². The maximum Gasteiger partial charge on any atom is 0.167 e. The van der Waals surface area contributed by atoms with Crippen molar-refractivity contribution in [2.45, 2.75) is 32.1 Å². The molecule has 1 fully saturated rings. The maximum atomic E-state index is 6.21. The molecule has 2 rings (SSSR count). The molecule has 0 spiro atoms. The van der Waals surface area contributed by atoms with Crippen molar-refractivity contribution in [2.75, 3.05) is 19.8 Å². The van der Waals surface area contributed by atoms with Gasteiger partial charge in [-0.05, 0) is 31.5 Å². The normalized spacial score (nSPS) is 19.7. The summed E-state index contributed by atoms with van der Waals surface area (Å²) in [7, 11) is 0. The first-order chi connectivity index (χ1) is 8.63. The molecular weight excluding hydrogens is 230 g/mol. The lowest BCUT2D eigenvalue weighted by molar-refractivity contribution is -0.150. The van der Waals surface area contributed by atoms with Gasteiger partial charge in [-0.25, -0.2) is 0 Å². The molecule has 1 unspecified atom stereocenters. The van der Waals surface area contributed by atoms with Crippen molar-refractivity contribution >= 4 is 0 Å². The second-order valence-electron chi connectivity index (χ2n) is 4.65. The van der Waals surface area contributed by atoms with Gasteiger partial charge in [0.1, 0.15) is 5.75 Å². The molecule has 1 aliphatic rings. The Labute approximate surface area is 108 Å². The third-order valence-electron chi connectivity index (χ3n) is 3.09. The summed E-state index contributed by atoms with van der Waals surface area (Å²) in [6.07, 6.45) is 0.641. The van der Waals surface area contributed by atoms with Crippen molar-refractivity contribution in [1.82, 2.24) is 0 Å². The number of hydrogen-bond donors (Lipinski definition) is 1. The molecule has 1 aromatic carbocycles. The van der Waals surface area contributed by atoms with E-state index in [2.05, 4.69) is 0 Å². The summed E-state index contributed by atoms with van der Waals surface area (Å²) in [5.74, 6) is 0.296. The molecule has 1 aliphatic heterocycles. The molecule has 1 atom stereocenters. The van der Waals surface area contributed by atoms with Crippen LogP contribution in [0.5, 0.6) is 5.75 Å². The quantitative estimate of drug-likeness (QED) is 0.872. The van der Waals surface area contributed by atoms with Gasteiger partial charge in [0.2, 0.25) is 0 Å². The van der Waals surface area contributed by atoms with Gasteiger partial charge in [-0.15, -0.1) is 0 Å². The molecule has 0 amide bonds. The third kappa shape index (κ3) is 3.22. The Bertz CT molecular complexity index is 388. The minimum Gasteiger partial charge on any atom is -0.494 e. The molecule has 0 aliphatic carbocycles. The van der Waals surface area contributed by atoms with Gasteiger partial charge in [0.15, 0.2) is 5.79 Å². The van der Waals surface area contributed by atoms with E-state index in [1.807, 2.05) is 38.1 Å². The molecule has 1 aromatic rings. The zero-order valence-corrected chi connectivity index (χ0v) is 11.0. The molecule has 0 bridgehead atoms. The molecule has 1 saturated heterocycles. The van der Waals surface area contributed by atoms with Gasteiger partial charge in [-0.3, -0.25) is 0 Å². The molecule has 2 N–H and O–H groups in total. The molecule has 100 valence electrons. The second-order valence-corrected chi connectivity index (χ2v) is 4.65. The van der Waals surface area contributed by atoms with Crippen LogP contribution in [0.1, 0.15) is 31.9 Å². The van der Waals surface area contributed by atoms with Crippen LogP contribution >= 0.6 is 0 Å². The Morgan fingerprint density at radius 3 is 2.78 bits per heavy atom. The zero-order valence-electron chi connectivity index (χ0n) is 11.0. The Hall–Kier alpha value is -1.10. The molecule has 4 heteroatoms. The molecule has 1 heterocycles. The average Bonchev–Trinajstić information content (AvgIpc) is 2.76. The monoisotopic (exact) mass is 251 g/mol. The van der Waals surface area contributed by atoms with Crippen molar-refractivity contribution in [3.05, 3.63) is 29.8 Å². The summed E-state index contributed by atoms with van der Waals surface area (Å²) in [6.45, 7) is 5.84. The third-order valence-corrected chi connectivity index (χ3v) is 3.09. The van der Waals surface area contributed by atoms with Gasteiger partial charge in [-0.1, -0.05) is 12.1 Å². The van der Waals surface area contributed by atoms with Gasteiger partial charge in [0, 0.05) is 12.5 Å². The summed E-state index contributed by atoms with van der Waals surface area (Å²) in [6, 6.07) is 7.76. The van der Waals surface area contributed by atoms with E-state index in [0.29, 0.717) is 26.2 Å². The smallest absolute Gasteiger partial charge is 0.167 e. The summed E-state index contributed by atoms with van der Waals surface area (Å²) in [5.41, 5.74) is 7.25. The number of rotatable bonds is 5. The molecule has 4 nitrogen and oxygen atoms in total. The van der Waals surface area contributed by atoms with Crippen LogP contribution < -0.4 is 10.5 Å². The van der Waals surface area contributed by atoms with Gasteiger partial charge in [0.05, 0.1) is 19.8 Å². The fourth-order valence-electron chi connectivity index (χ4n) is 2.19. The van der Waals surface area contributed by atoms with Crippen LogP contribution in [0.2, 0.25) is 0 Å². The van der Waals surface area contributed by atoms with E-state index >= 15 is 0 Å². The van der Waals surface area contributed by atoms with E-state index in [0.717, 1.165) is 11.3 Å². The summed E-state index contributed by atoms with van der Waals surface area (Å²) in [5, 5.41) is 0. The highest BCUT2D eigenvalue weighted by atomic mass is 16.7. The number of benzene rings is 1. The minimum absolute atomic E-state index is 0.117. The Morgan fingerprint density at radius 1 is 1.39 bits per heavy atom. The lowest BCUT2D eigenvalue weighted by atomic mass is 10.00. The van der Waals surface area contributed by atoms with E-state index in [9.17, 15) is 0 Å². The average molecular weight is 251 g/mol. The highest BCUT2D eigenvalue weighted by Gasteiger charge is 2.33. The highest BCUT2D eigenvalue weighted by molar-refractivity contribution is 5.30. The lowest BCUT2D eigenvalue weighted by Gasteiger charge is -2.26. The molecular formula is C14H21NO3. The standard InChI is InChI=1S/C14H21NO3/c1-3-16-12-6-4-5-11(9-12)13(15)10-14(2)17-7-8-18-14/h4-6,9,13H,3,7-8,10,15H2,1-2H3. The zero-order chi connectivity index (χ0) is 13.0. The second kappa shape index (κ2) is 5.69. The largest absolute Gasteiger partial charge is 0.494 e. The van der Waals surface area contributed by atoms with Crippen molar-refractivity contribution in [2.24, 2.45) is 5.73 Å². The number of hydrogen-bond acceptors (Lipinski definition) is 4. The topological polar surface area (TPSA) is 53.7 Å². The first-order valence-corrected chi connectivity index (χ1v) is 6.39. The minimum atomic E-state index is -0.555. The molecule has 0 saturated carbocycles. The van der Waals surface area contributed by atoms with E-state index in [-0.39, 0.29) is 6.04 Å². The summed E-state index contributed by atoms with van der Waals surface area (Å²) < 4.78 is 16.6. The predicted molar refractivity (Wildman–Crippen MR) is 69.5 cm³/mol. The predicted octanol–water partition coefficient (Wildman–Crippen LogP) is 2.24. The Morgan fingerprint density at radius 2 is 2.11 bits per heavy atom. The lowest BCUT2D eigenvalue weighted by Crippen LogP contribution is -2.31. The fourth-order valence-corrected chi connectivity index (χ4v) is 2.19. The van der Waals surface area contributed by atoms with E-state index < -0.39 is 5.79 Å². The van der Waals surface area contributed by atoms with Gasteiger partial charge in [0.25, 0.3) is 0 Å². The van der Waals surface area contributed by atoms with Crippen molar-refractivity contribution < 1.29 is 14.2 Å². The SMILES string of the molecule is CCOc1cccc(C(N)CC2(C)OCCO2)c1. The van der Waals surface area contributed by atoms with Gasteiger partial charge in [-0.2, -0.15) is 0 Å². The van der Waals surface area contributed by atoms with Crippen molar-refractivity contribution in [3.8, 4) is 5.75 Å². The van der Waals surface area contributed by atoms with Crippen LogP contribution in [-0.4, -0.2) is 25.6 Å². The summed E-state index contributed by atoms with van der Waals surface area (Å²) in [4.78, 5) is 0. The fraction of sp³-hybridized carbons (Fsp3) is 0.571. The maximum absolute atomic E-state index is 6.21. The Balaban J connectivity index is 2.03. The van der Waals surface area contributed by atoms with Crippen LogP contribution in [0.25, 0.3) is 0 Å². The van der Waals surface area contributed by atoms with E-state index in [1.54, 1.807) is 0 Å². The van der Waals surface area contributed by atoms with E-state index in [4.69, 9.17) is 19.9 Å². The number of ether oxygens (including phenoxy) is 3. The highest BCUT2D eigenvalue weighted by Crippen LogP contribution is 2.30. The van der Waals surface area contributed by atoms with Crippen LogP contribution in [0.3, 0.4) is 0 Å². The first-order valence-electron chi connectivity index (χ1n) is 6.39.